The summed E-state index contributed by atoms with van der Waals surface area (Å²) in [5, 5.41) is 10.3. The summed E-state index contributed by atoms with van der Waals surface area (Å²) in [5.41, 5.74) is 0.679. The summed E-state index contributed by atoms with van der Waals surface area (Å²) in [5.74, 6) is -0.317. The average Bonchev–Trinajstić information content (AvgIpc) is 2.83. The number of aliphatic hydroxyl groups excluding tert-OH is 1. The van der Waals surface area contributed by atoms with Gasteiger partial charge in [0.2, 0.25) is 0 Å². The van der Waals surface area contributed by atoms with Gasteiger partial charge in [-0.3, -0.25) is 9.59 Å². The maximum atomic E-state index is 12.5. The minimum atomic E-state index is -0.713. The van der Waals surface area contributed by atoms with Crippen LogP contribution < -0.4 is 9.47 Å². The van der Waals surface area contributed by atoms with E-state index in [1.165, 1.54) is 26.0 Å². The molecule has 25 heavy (non-hydrogen) atoms. The molecule has 1 amide bonds. The molecule has 0 spiro atoms. The number of methoxy groups -OCH3 is 2. The number of ketones is 1. The molecule has 136 valence electrons. The van der Waals surface area contributed by atoms with Crippen LogP contribution in [0.3, 0.4) is 0 Å². The van der Waals surface area contributed by atoms with Crippen LogP contribution >= 0.6 is 0 Å². The molecule has 0 bridgehead atoms. The molecule has 0 radical (unpaired) electrons. The molecule has 1 aromatic rings. The van der Waals surface area contributed by atoms with E-state index in [9.17, 15) is 14.7 Å². The van der Waals surface area contributed by atoms with Crippen molar-refractivity contribution in [3.63, 3.8) is 0 Å². The predicted molar refractivity (Wildman–Crippen MR) is 92.9 cm³/mol. The number of rotatable bonds is 7. The minimum absolute atomic E-state index is 0.0790. The van der Waals surface area contributed by atoms with Gasteiger partial charge in [0.15, 0.2) is 11.5 Å². The third kappa shape index (κ3) is 3.61. The fourth-order valence-corrected chi connectivity index (χ4v) is 2.93. The number of nitrogens with zero attached hydrogens (tertiary/aromatic N) is 2. The third-order valence-electron chi connectivity index (χ3n) is 4.20. The normalized spacial score (nSPS) is 17.4. The van der Waals surface area contributed by atoms with E-state index in [1.807, 2.05) is 19.0 Å². The van der Waals surface area contributed by atoms with Crippen LogP contribution in [0.2, 0.25) is 0 Å². The molecule has 0 saturated heterocycles. The quantitative estimate of drug-likeness (QED) is 0.805. The van der Waals surface area contributed by atoms with Crippen molar-refractivity contribution in [2.75, 3.05) is 41.4 Å². The molecule has 7 nitrogen and oxygen atoms in total. The van der Waals surface area contributed by atoms with Crippen LogP contribution in [0, 0.1) is 0 Å². The Labute approximate surface area is 147 Å². The molecule has 0 unspecified atom stereocenters. The van der Waals surface area contributed by atoms with E-state index in [0.29, 0.717) is 30.2 Å². The van der Waals surface area contributed by atoms with Crippen LogP contribution in [0.25, 0.3) is 0 Å². The van der Waals surface area contributed by atoms with Crippen LogP contribution in [-0.2, 0) is 9.59 Å². The number of hydrogen-bond acceptors (Lipinski definition) is 6. The first kappa shape index (κ1) is 18.8. The molecule has 7 heteroatoms. The molecular formula is C18H24N2O5. The molecule has 1 aromatic carbocycles. The number of amides is 1. The van der Waals surface area contributed by atoms with Gasteiger partial charge < -0.3 is 24.4 Å². The van der Waals surface area contributed by atoms with Gasteiger partial charge in [0.1, 0.15) is 11.5 Å². The fourth-order valence-electron chi connectivity index (χ4n) is 2.93. The smallest absolute Gasteiger partial charge is 0.290 e. The Kier molecular flexibility index (Phi) is 5.69. The standard InChI is InChI=1S/C18H24N2O5/c1-11(21)15-16(13-10-12(24-4)6-7-14(13)25-5)20(9-8-19(2)3)18(23)17(15)22/h6-7,10,16,22H,8-9H2,1-5H3/t16-/m1/s1. The number of ether oxygens (including phenoxy) is 2. The fraction of sp³-hybridized carbons (Fsp3) is 0.444. The average molecular weight is 348 g/mol. The van der Waals surface area contributed by atoms with E-state index >= 15 is 0 Å². The molecule has 0 aromatic heterocycles. The lowest BCUT2D eigenvalue weighted by Gasteiger charge is -2.29. The van der Waals surface area contributed by atoms with Gasteiger partial charge in [0.05, 0.1) is 25.8 Å². The van der Waals surface area contributed by atoms with E-state index < -0.39 is 17.7 Å². The largest absolute Gasteiger partial charge is 0.503 e. The van der Waals surface area contributed by atoms with E-state index in [-0.39, 0.29) is 11.4 Å². The maximum Gasteiger partial charge on any atom is 0.290 e. The number of Topliss-reactive ketones (excluding diaryl/α,β-unsaturated/α-hetero) is 1. The van der Waals surface area contributed by atoms with Crippen molar-refractivity contribution in [2.24, 2.45) is 0 Å². The van der Waals surface area contributed by atoms with Crippen molar-refractivity contribution in [2.45, 2.75) is 13.0 Å². The van der Waals surface area contributed by atoms with Crippen molar-refractivity contribution in [1.82, 2.24) is 9.80 Å². The number of carbonyl (C=O) groups is 2. The summed E-state index contributed by atoms with van der Waals surface area (Å²) in [6.45, 7) is 2.29. The van der Waals surface area contributed by atoms with Gasteiger partial charge in [-0.1, -0.05) is 0 Å². The maximum absolute atomic E-state index is 12.5. The molecule has 1 aliphatic rings. The van der Waals surface area contributed by atoms with Crippen LogP contribution in [-0.4, -0.2) is 68.0 Å². The van der Waals surface area contributed by atoms with Crippen molar-refractivity contribution in [3.05, 3.63) is 35.1 Å². The summed E-state index contributed by atoms with van der Waals surface area (Å²) in [4.78, 5) is 28.1. The molecule has 0 saturated carbocycles. The minimum Gasteiger partial charge on any atom is -0.503 e. The van der Waals surface area contributed by atoms with Gasteiger partial charge in [-0.05, 0) is 39.2 Å². The topological polar surface area (TPSA) is 79.3 Å². The Morgan fingerprint density at radius 2 is 1.96 bits per heavy atom. The molecule has 1 atom stereocenters. The second-order valence-corrected chi connectivity index (χ2v) is 6.13. The zero-order chi connectivity index (χ0) is 18.7. The lowest BCUT2D eigenvalue weighted by molar-refractivity contribution is -0.129. The van der Waals surface area contributed by atoms with Gasteiger partial charge in [-0.15, -0.1) is 0 Å². The molecule has 1 aliphatic heterocycles. The molecular weight excluding hydrogens is 324 g/mol. The number of hydrogen-bond donors (Lipinski definition) is 1. The van der Waals surface area contributed by atoms with Crippen LogP contribution in [0.1, 0.15) is 18.5 Å². The highest BCUT2D eigenvalue weighted by Crippen LogP contribution is 2.42. The highest BCUT2D eigenvalue weighted by atomic mass is 16.5. The Balaban J connectivity index is 2.58. The van der Waals surface area contributed by atoms with E-state index in [2.05, 4.69) is 0 Å². The van der Waals surface area contributed by atoms with Gasteiger partial charge in [0.25, 0.3) is 5.91 Å². The Morgan fingerprint density at radius 3 is 2.48 bits per heavy atom. The number of benzene rings is 1. The summed E-state index contributed by atoms with van der Waals surface area (Å²) in [7, 11) is 6.83. The second kappa shape index (κ2) is 7.57. The van der Waals surface area contributed by atoms with Crippen molar-refractivity contribution in [1.29, 1.82) is 0 Å². The van der Waals surface area contributed by atoms with Gasteiger partial charge >= 0.3 is 0 Å². The first-order valence-electron chi connectivity index (χ1n) is 7.93. The summed E-state index contributed by atoms with van der Waals surface area (Å²) in [6.07, 6.45) is 0. The van der Waals surface area contributed by atoms with Gasteiger partial charge in [-0.2, -0.15) is 0 Å². The highest BCUT2D eigenvalue weighted by molar-refractivity contribution is 6.08. The summed E-state index contributed by atoms with van der Waals surface area (Å²) < 4.78 is 10.7. The Morgan fingerprint density at radius 1 is 1.28 bits per heavy atom. The van der Waals surface area contributed by atoms with Crippen molar-refractivity contribution >= 4 is 11.7 Å². The SMILES string of the molecule is COc1ccc(OC)c([C@@H]2C(C(C)=O)=C(O)C(=O)N2CCN(C)C)c1. The van der Waals surface area contributed by atoms with Crippen molar-refractivity contribution in [3.8, 4) is 11.5 Å². The third-order valence-corrected chi connectivity index (χ3v) is 4.20. The monoisotopic (exact) mass is 348 g/mol. The number of aliphatic hydroxyl groups is 1. The van der Waals surface area contributed by atoms with Gasteiger partial charge in [-0.25, -0.2) is 0 Å². The lowest BCUT2D eigenvalue weighted by atomic mass is 9.95. The first-order chi connectivity index (χ1) is 11.8. The molecule has 2 rings (SSSR count). The molecule has 1 N–H and O–H groups in total. The Bertz CT molecular complexity index is 711. The van der Waals surface area contributed by atoms with Crippen molar-refractivity contribution < 1.29 is 24.2 Å². The van der Waals surface area contributed by atoms with E-state index in [4.69, 9.17) is 9.47 Å². The predicted octanol–water partition coefficient (Wildman–Crippen LogP) is 1.55. The zero-order valence-corrected chi connectivity index (χ0v) is 15.2. The van der Waals surface area contributed by atoms with E-state index in [0.717, 1.165) is 0 Å². The molecule has 0 fully saturated rings. The van der Waals surface area contributed by atoms with Crippen LogP contribution in [0.4, 0.5) is 0 Å². The van der Waals surface area contributed by atoms with Gasteiger partial charge in [0, 0.05) is 18.7 Å². The van der Waals surface area contributed by atoms with E-state index in [1.54, 1.807) is 18.2 Å². The second-order valence-electron chi connectivity index (χ2n) is 6.13. The van der Waals surface area contributed by atoms with Crippen LogP contribution in [0.5, 0.6) is 11.5 Å². The summed E-state index contributed by atoms with van der Waals surface area (Å²) >= 11 is 0. The lowest BCUT2D eigenvalue weighted by Crippen LogP contribution is -2.36. The Hall–Kier alpha value is -2.54. The highest BCUT2D eigenvalue weighted by Gasteiger charge is 2.43. The number of carbonyl (C=O) groups excluding carboxylic acids is 2. The zero-order valence-electron chi connectivity index (χ0n) is 15.2. The van der Waals surface area contributed by atoms with Crippen LogP contribution in [0.15, 0.2) is 29.5 Å². The first-order valence-corrected chi connectivity index (χ1v) is 7.93. The number of likely N-dealkylation sites (N-methyl/N-ethyl adjacent to an activating group) is 1. The molecule has 1 heterocycles. The molecule has 0 aliphatic carbocycles. The summed E-state index contributed by atoms with van der Waals surface area (Å²) in [6, 6.07) is 4.46.